The minimum Gasteiger partial charge on any atom is -0.494 e. The molecule has 5 nitrogen and oxygen atoms in total. The summed E-state index contributed by atoms with van der Waals surface area (Å²) in [5.41, 5.74) is 7.47. The van der Waals surface area contributed by atoms with Crippen LogP contribution in [0.5, 0.6) is 5.75 Å². The Labute approximate surface area is 124 Å². The van der Waals surface area contributed by atoms with Gasteiger partial charge in [0.2, 0.25) is 0 Å². The molecular formula is C16H19N3O2. The lowest BCUT2D eigenvalue weighted by atomic mass is 10.2. The number of rotatable bonds is 5. The quantitative estimate of drug-likeness (QED) is 0.915. The molecule has 0 unspecified atom stereocenters. The van der Waals surface area contributed by atoms with Gasteiger partial charge in [-0.2, -0.15) is 0 Å². The van der Waals surface area contributed by atoms with E-state index in [0.29, 0.717) is 18.8 Å². The number of anilines is 1. The summed E-state index contributed by atoms with van der Waals surface area (Å²) in [5.74, 6) is 0.631. The Hall–Kier alpha value is -2.56. The van der Waals surface area contributed by atoms with Crippen LogP contribution in [0.4, 0.5) is 5.69 Å². The summed E-state index contributed by atoms with van der Waals surface area (Å²) in [5, 5.41) is 0. The molecule has 0 atom stereocenters. The van der Waals surface area contributed by atoms with Crippen molar-refractivity contribution in [3.8, 4) is 5.75 Å². The van der Waals surface area contributed by atoms with Crippen molar-refractivity contribution < 1.29 is 9.53 Å². The summed E-state index contributed by atoms with van der Waals surface area (Å²) < 4.78 is 5.39. The summed E-state index contributed by atoms with van der Waals surface area (Å²) in [6, 6.07) is 11.1. The first kappa shape index (κ1) is 14.8. The van der Waals surface area contributed by atoms with Crippen molar-refractivity contribution in [2.24, 2.45) is 0 Å². The monoisotopic (exact) mass is 285 g/mol. The fraction of sp³-hybridized carbons (Fsp3) is 0.250. The number of aromatic nitrogens is 1. The molecule has 0 fully saturated rings. The van der Waals surface area contributed by atoms with E-state index in [9.17, 15) is 4.79 Å². The van der Waals surface area contributed by atoms with Crippen LogP contribution in [0.1, 0.15) is 23.0 Å². The molecule has 5 heteroatoms. The second-order valence-corrected chi connectivity index (χ2v) is 4.68. The first-order valence-electron chi connectivity index (χ1n) is 6.79. The summed E-state index contributed by atoms with van der Waals surface area (Å²) in [4.78, 5) is 17.9. The minimum absolute atomic E-state index is 0.193. The molecule has 1 heterocycles. The standard InChI is InChI=1S/C16H19N3O2/c1-3-21-13-8-6-12(7-9-13)11-19(2)16(20)15-14(17)5-4-10-18-15/h4-10H,3,11,17H2,1-2H3. The van der Waals surface area contributed by atoms with Crippen molar-refractivity contribution in [3.63, 3.8) is 0 Å². The molecule has 0 saturated heterocycles. The first-order valence-corrected chi connectivity index (χ1v) is 6.79. The second kappa shape index (κ2) is 6.74. The number of nitrogen functional groups attached to an aromatic ring is 1. The topological polar surface area (TPSA) is 68.5 Å². The van der Waals surface area contributed by atoms with Crippen molar-refractivity contribution in [1.29, 1.82) is 0 Å². The van der Waals surface area contributed by atoms with Crippen molar-refractivity contribution in [3.05, 3.63) is 53.9 Å². The van der Waals surface area contributed by atoms with Gasteiger partial charge in [-0.1, -0.05) is 12.1 Å². The van der Waals surface area contributed by atoms with Crippen LogP contribution in [0.2, 0.25) is 0 Å². The van der Waals surface area contributed by atoms with Crippen LogP contribution in [0.3, 0.4) is 0 Å². The molecule has 0 saturated carbocycles. The zero-order valence-electron chi connectivity index (χ0n) is 12.2. The number of carbonyl (C=O) groups excluding carboxylic acids is 1. The Morgan fingerprint density at radius 3 is 2.62 bits per heavy atom. The summed E-state index contributed by atoms with van der Waals surface area (Å²) >= 11 is 0. The van der Waals surface area contributed by atoms with E-state index in [1.807, 2.05) is 31.2 Å². The molecule has 0 aliphatic rings. The lowest BCUT2D eigenvalue weighted by molar-refractivity contribution is 0.0780. The number of hydrogen-bond acceptors (Lipinski definition) is 4. The van der Waals surface area contributed by atoms with Gasteiger partial charge in [0, 0.05) is 19.8 Å². The maximum Gasteiger partial charge on any atom is 0.274 e. The molecule has 2 rings (SSSR count). The Bertz CT molecular complexity index is 611. The molecule has 21 heavy (non-hydrogen) atoms. The fourth-order valence-corrected chi connectivity index (χ4v) is 1.98. The highest BCUT2D eigenvalue weighted by Gasteiger charge is 2.15. The number of carbonyl (C=O) groups is 1. The van der Waals surface area contributed by atoms with E-state index in [-0.39, 0.29) is 11.6 Å². The van der Waals surface area contributed by atoms with Gasteiger partial charge < -0.3 is 15.4 Å². The van der Waals surface area contributed by atoms with Crippen LogP contribution in [0.25, 0.3) is 0 Å². The number of nitrogens with two attached hydrogens (primary N) is 1. The maximum absolute atomic E-state index is 12.3. The van der Waals surface area contributed by atoms with E-state index in [4.69, 9.17) is 10.5 Å². The molecule has 0 aliphatic heterocycles. The zero-order valence-corrected chi connectivity index (χ0v) is 12.2. The van der Waals surface area contributed by atoms with Gasteiger partial charge in [-0.3, -0.25) is 4.79 Å². The smallest absolute Gasteiger partial charge is 0.274 e. The van der Waals surface area contributed by atoms with E-state index < -0.39 is 0 Å². The SMILES string of the molecule is CCOc1ccc(CN(C)C(=O)c2ncccc2N)cc1. The van der Waals surface area contributed by atoms with Crippen molar-refractivity contribution >= 4 is 11.6 Å². The highest BCUT2D eigenvalue weighted by molar-refractivity contribution is 5.96. The van der Waals surface area contributed by atoms with Crippen LogP contribution in [-0.2, 0) is 6.54 Å². The van der Waals surface area contributed by atoms with E-state index in [1.165, 1.54) is 0 Å². The Kier molecular flexibility index (Phi) is 4.77. The average molecular weight is 285 g/mol. The van der Waals surface area contributed by atoms with Crippen molar-refractivity contribution in [1.82, 2.24) is 9.88 Å². The molecule has 110 valence electrons. The van der Waals surface area contributed by atoms with E-state index in [0.717, 1.165) is 11.3 Å². The van der Waals surface area contributed by atoms with Gasteiger partial charge in [0.15, 0.2) is 5.69 Å². The minimum atomic E-state index is -0.193. The normalized spacial score (nSPS) is 10.2. The highest BCUT2D eigenvalue weighted by Crippen LogP contribution is 2.15. The highest BCUT2D eigenvalue weighted by atomic mass is 16.5. The second-order valence-electron chi connectivity index (χ2n) is 4.68. The Morgan fingerprint density at radius 1 is 1.29 bits per heavy atom. The molecule has 1 aromatic carbocycles. The number of amides is 1. The zero-order chi connectivity index (χ0) is 15.2. The van der Waals surface area contributed by atoms with Crippen LogP contribution in [0, 0.1) is 0 Å². The molecule has 0 bridgehead atoms. The summed E-state index contributed by atoms with van der Waals surface area (Å²) in [6.07, 6.45) is 1.56. The largest absolute Gasteiger partial charge is 0.494 e. The van der Waals surface area contributed by atoms with E-state index in [1.54, 1.807) is 30.3 Å². The van der Waals surface area contributed by atoms with E-state index in [2.05, 4.69) is 4.98 Å². The fourth-order valence-electron chi connectivity index (χ4n) is 1.98. The lowest BCUT2D eigenvalue weighted by Gasteiger charge is -2.17. The number of pyridine rings is 1. The molecule has 1 amide bonds. The number of benzene rings is 1. The number of hydrogen-bond donors (Lipinski definition) is 1. The van der Waals surface area contributed by atoms with Gasteiger partial charge in [0.25, 0.3) is 5.91 Å². The molecule has 1 aromatic heterocycles. The Balaban J connectivity index is 2.05. The molecule has 0 radical (unpaired) electrons. The molecule has 0 aliphatic carbocycles. The number of ether oxygens (including phenoxy) is 1. The summed E-state index contributed by atoms with van der Waals surface area (Å²) in [6.45, 7) is 3.07. The molecule has 0 spiro atoms. The van der Waals surface area contributed by atoms with Gasteiger partial charge in [-0.15, -0.1) is 0 Å². The molecular weight excluding hydrogens is 266 g/mol. The third kappa shape index (κ3) is 3.72. The molecule has 2 aromatic rings. The first-order chi connectivity index (χ1) is 10.1. The summed E-state index contributed by atoms with van der Waals surface area (Å²) in [7, 11) is 1.73. The third-order valence-electron chi connectivity index (χ3n) is 3.04. The van der Waals surface area contributed by atoms with Gasteiger partial charge >= 0.3 is 0 Å². The predicted molar refractivity (Wildman–Crippen MR) is 82.1 cm³/mol. The van der Waals surface area contributed by atoms with Gasteiger partial charge in [-0.05, 0) is 36.8 Å². The number of nitrogens with zero attached hydrogens (tertiary/aromatic N) is 2. The van der Waals surface area contributed by atoms with Gasteiger partial charge in [0.05, 0.1) is 12.3 Å². The van der Waals surface area contributed by atoms with Crippen LogP contribution in [-0.4, -0.2) is 29.4 Å². The predicted octanol–water partition coefficient (Wildman–Crippen LogP) is 2.33. The van der Waals surface area contributed by atoms with Gasteiger partial charge in [-0.25, -0.2) is 4.98 Å². The maximum atomic E-state index is 12.3. The van der Waals surface area contributed by atoms with E-state index >= 15 is 0 Å². The van der Waals surface area contributed by atoms with Crippen molar-refractivity contribution in [2.45, 2.75) is 13.5 Å². The third-order valence-corrected chi connectivity index (χ3v) is 3.04. The lowest BCUT2D eigenvalue weighted by Crippen LogP contribution is -2.27. The Morgan fingerprint density at radius 2 is 2.00 bits per heavy atom. The molecule has 2 N–H and O–H groups in total. The van der Waals surface area contributed by atoms with Crippen LogP contribution >= 0.6 is 0 Å². The van der Waals surface area contributed by atoms with Crippen LogP contribution in [0.15, 0.2) is 42.6 Å². The average Bonchev–Trinajstić information content (AvgIpc) is 2.49. The van der Waals surface area contributed by atoms with Crippen LogP contribution < -0.4 is 10.5 Å². The van der Waals surface area contributed by atoms with Gasteiger partial charge in [0.1, 0.15) is 5.75 Å². The van der Waals surface area contributed by atoms with Crippen molar-refractivity contribution in [2.75, 3.05) is 19.4 Å².